The van der Waals surface area contributed by atoms with Gasteiger partial charge < -0.3 is 10.4 Å². The summed E-state index contributed by atoms with van der Waals surface area (Å²) < 4.78 is 1.91. The molecule has 4 rings (SSSR count). The van der Waals surface area contributed by atoms with Crippen LogP contribution in [0.5, 0.6) is 0 Å². The molecule has 1 aromatic carbocycles. The Labute approximate surface area is 128 Å². The number of aliphatic hydroxyl groups excluding tert-OH is 1. The van der Waals surface area contributed by atoms with Crippen LogP contribution in [-0.2, 0) is 19.4 Å². The van der Waals surface area contributed by atoms with Gasteiger partial charge in [0.25, 0.3) is 0 Å². The zero-order chi connectivity index (χ0) is 15.1. The third kappa shape index (κ3) is 2.05. The molecule has 3 aromatic rings. The van der Waals surface area contributed by atoms with E-state index in [0.29, 0.717) is 6.04 Å². The van der Waals surface area contributed by atoms with Crippen molar-refractivity contribution in [3.63, 3.8) is 0 Å². The molecule has 1 aliphatic rings. The SMILES string of the molecule is Cc1nc2c(NC3Cc4ccccc4C3)nccn2c1CO. The summed E-state index contributed by atoms with van der Waals surface area (Å²) >= 11 is 0. The van der Waals surface area contributed by atoms with Gasteiger partial charge in [0.2, 0.25) is 0 Å². The van der Waals surface area contributed by atoms with Crippen molar-refractivity contribution in [3.05, 3.63) is 59.2 Å². The number of imidazole rings is 1. The van der Waals surface area contributed by atoms with Gasteiger partial charge in [-0.2, -0.15) is 0 Å². The molecule has 0 unspecified atom stereocenters. The number of aryl methyl sites for hydroxylation is 1. The molecule has 0 saturated heterocycles. The van der Waals surface area contributed by atoms with Crippen molar-refractivity contribution in [1.29, 1.82) is 0 Å². The predicted octanol–water partition coefficient (Wildman–Crippen LogP) is 2.11. The van der Waals surface area contributed by atoms with Gasteiger partial charge in [-0.25, -0.2) is 9.97 Å². The maximum Gasteiger partial charge on any atom is 0.180 e. The number of nitrogens with zero attached hydrogens (tertiary/aromatic N) is 3. The fourth-order valence-electron chi connectivity index (χ4n) is 3.29. The average molecular weight is 294 g/mol. The summed E-state index contributed by atoms with van der Waals surface area (Å²) in [6.07, 6.45) is 5.60. The minimum atomic E-state index is -0.0225. The van der Waals surface area contributed by atoms with Crippen molar-refractivity contribution in [2.45, 2.75) is 32.4 Å². The van der Waals surface area contributed by atoms with Crippen LogP contribution in [0, 0.1) is 6.92 Å². The van der Waals surface area contributed by atoms with E-state index in [1.165, 1.54) is 11.1 Å². The summed E-state index contributed by atoms with van der Waals surface area (Å²) in [5.41, 5.74) is 5.24. The largest absolute Gasteiger partial charge is 0.390 e. The van der Waals surface area contributed by atoms with Gasteiger partial charge in [-0.05, 0) is 30.9 Å². The van der Waals surface area contributed by atoms with Gasteiger partial charge in [-0.15, -0.1) is 0 Å². The van der Waals surface area contributed by atoms with Crippen LogP contribution in [0.4, 0.5) is 5.82 Å². The highest BCUT2D eigenvalue weighted by Gasteiger charge is 2.22. The quantitative estimate of drug-likeness (QED) is 0.776. The van der Waals surface area contributed by atoms with Crippen LogP contribution in [0.3, 0.4) is 0 Å². The Hall–Kier alpha value is -2.40. The lowest BCUT2D eigenvalue weighted by Gasteiger charge is -2.13. The Morgan fingerprint density at radius 1 is 1.27 bits per heavy atom. The van der Waals surface area contributed by atoms with Crippen LogP contribution in [-0.4, -0.2) is 25.5 Å². The molecular weight excluding hydrogens is 276 g/mol. The number of benzene rings is 1. The minimum Gasteiger partial charge on any atom is -0.390 e. The van der Waals surface area contributed by atoms with E-state index >= 15 is 0 Å². The van der Waals surface area contributed by atoms with Gasteiger partial charge in [0.15, 0.2) is 11.5 Å². The molecule has 112 valence electrons. The average Bonchev–Trinajstić information content (AvgIpc) is 3.07. The van der Waals surface area contributed by atoms with Gasteiger partial charge >= 0.3 is 0 Å². The maximum absolute atomic E-state index is 9.50. The summed E-state index contributed by atoms with van der Waals surface area (Å²) in [5.74, 6) is 0.781. The summed E-state index contributed by atoms with van der Waals surface area (Å²) in [4.78, 5) is 9.00. The van der Waals surface area contributed by atoms with E-state index < -0.39 is 0 Å². The summed E-state index contributed by atoms with van der Waals surface area (Å²) in [7, 11) is 0. The van der Waals surface area contributed by atoms with Crippen LogP contribution in [0.1, 0.15) is 22.5 Å². The van der Waals surface area contributed by atoms with E-state index in [9.17, 15) is 5.11 Å². The molecule has 0 bridgehead atoms. The van der Waals surface area contributed by atoms with Crippen LogP contribution >= 0.6 is 0 Å². The molecule has 0 amide bonds. The Morgan fingerprint density at radius 3 is 2.68 bits per heavy atom. The lowest BCUT2D eigenvalue weighted by atomic mass is 10.1. The lowest BCUT2D eigenvalue weighted by molar-refractivity contribution is 0.275. The lowest BCUT2D eigenvalue weighted by Crippen LogP contribution is -2.20. The number of rotatable bonds is 3. The molecule has 0 saturated carbocycles. The van der Waals surface area contributed by atoms with E-state index in [1.54, 1.807) is 6.20 Å². The van der Waals surface area contributed by atoms with Crippen molar-refractivity contribution in [2.24, 2.45) is 0 Å². The fourth-order valence-corrected chi connectivity index (χ4v) is 3.29. The van der Waals surface area contributed by atoms with Crippen molar-refractivity contribution in [3.8, 4) is 0 Å². The molecule has 2 aromatic heterocycles. The molecular formula is C17H18N4O. The number of aliphatic hydroxyl groups is 1. The van der Waals surface area contributed by atoms with Gasteiger partial charge in [0.1, 0.15) is 0 Å². The summed E-state index contributed by atoms with van der Waals surface area (Å²) in [6, 6.07) is 8.89. The highest BCUT2D eigenvalue weighted by atomic mass is 16.3. The number of anilines is 1. The minimum absolute atomic E-state index is 0.0225. The number of nitrogens with one attached hydrogen (secondary N) is 1. The molecule has 2 N–H and O–H groups in total. The first-order valence-corrected chi connectivity index (χ1v) is 7.53. The molecule has 1 aliphatic carbocycles. The molecule has 0 atom stereocenters. The smallest absolute Gasteiger partial charge is 0.180 e. The zero-order valence-corrected chi connectivity index (χ0v) is 12.5. The first-order valence-electron chi connectivity index (χ1n) is 7.53. The van der Waals surface area contributed by atoms with Crippen molar-refractivity contribution in [1.82, 2.24) is 14.4 Å². The second-order valence-corrected chi connectivity index (χ2v) is 5.79. The second kappa shape index (κ2) is 5.10. The highest BCUT2D eigenvalue weighted by molar-refractivity contribution is 5.64. The van der Waals surface area contributed by atoms with E-state index in [-0.39, 0.29) is 6.61 Å². The molecule has 5 heteroatoms. The zero-order valence-electron chi connectivity index (χ0n) is 12.5. The van der Waals surface area contributed by atoms with E-state index in [0.717, 1.165) is 35.7 Å². The number of hydrogen-bond acceptors (Lipinski definition) is 4. The number of hydrogen-bond donors (Lipinski definition) is 2. The fraction of sp³-hybridized carbons (Fsp3) is 0.294. The third-order valence-corrected chi connectivity index (χ3v) is 4.38. The Bertz CT molecular complexity index is 815. The van der Waals surface area contributed by atoms with Crippen LogP contribution in [0.2, 0.25) is 0 Å². The van der Waals surface area contributed by atoms with Crippen LogP contribution < -0.4 is 5.32 Å². The molecule has 0 radical (unpaired) electrons. The molecule has 5 nitrogen and oxygen atoms in total. The van der Waals surface area contributed by atoms with Gasteiger partial charge in [0.05, 0.1) is 18.0 Å². The summed E-state index contributed by atoms with van der Waals surface area (Å²) in [6.45, 7) is 1.89. The normalized spacial score (nSPS) is 14.5. The van der Waals surface area contributed by atoms with E-state index in [2.05, 4.69) is 39.6 Å². The molecule has 22 heavy (non-hydrogen) atoms. The Morgan fingerprint density at radius 2 is 2.00 bits per heavy atom. The summed E-state index contributed by atoms with van der Waals surface area (Å²) in [5, 5.41) is 13.0. The molecule has 2 heterocycles. The van der Waals surface area contributed by atoms with E-state index in [4.69, 9.17) is 0 Å². The van der Waals surface area contributed by atoms with Crippen molar-refractivity contribution in [2.75, 3.05) is 5.32 Å². The second-order valence-electron chi connectivity index (χ2n) is 5.79. The number of aromatic nitrogens is 3. The molecule has 0 spiro atoms. The van der Waals surface area contributed by atoms with Gasteiger partial charge in [-0.3, -0.25) is 4.40 Å². The Balaban J connectivity index is 1.66. The van der Waals surface area contributed by atoms with Crippen LogP contribution in [0.15, 0.2) is 36.7 Å². The highest BCUT2D eigenvalue weighted by Crippen LogP contribution is 2.25. The molecule has 0 fully saturated rings. The Kier molecular flexibility index (Phi) is 3.08. The van der Waals surface area contributed by atoms with E-state index in [1.807, 2.05) is 17.5 Å². The standard InChI is InChI=1S/C17H18N4O/c1-11-15(10-22)21-7-6-18-16(17(21)19-11)20-14-8-12-4-2-3-5-13(12)9-14/h2-7,14,22H,8-10H2,1H3,(H,18,20). The van der Waals surface area contributed by atoms with Gasteiger partial charge in [-0.1, -0.05) is 24.3 Å². The first kappa shape index (κ1) is 13.3. The van der Waals surface area contributed by atoms with Gasteiger partial charge in [0, 0.05) is 18.4 Å². The predicted molar refractivity (Wildman–Crippen MR) is 84.9 cm³/mol. The van der Waals surface area contributed by atoms with Crippen LogP contribution in [0.25, 0.3) is 5.65 Å². The van der Waals surface area contributed by atoms with Crippen molar-refractivity contribution < 1.29 is 5.11 Å². The third-order valence-electron chi connectivity index (χ3n) is 4.38. The van der Waals surface area contributed by atoms with Crippen molar-refractivity contribution >= 4 is 11.5 Å². The monoisotopic (exact) mass is 294 g/mol. The first-order chi connectivity index (χ1) is 10.8. The topological polar surface area (TPSA) is 62.5 Å². The maximum atomic E-state index is 9.50. The molecule has 0 aliphatic heterocycles. The number of fused-ring (bicyclic) bond motifs is 2.